The van der Waals surface area contributed by atoms with Gasteiger partial charge in [0.1, 0.15) is 12.9 Å². The molecule has 8 heteroatoms. The molecule has 0 saturated heterocycles. The van der Waals surface area contributed by atoms with E-state index >= 15 is 0 Å². The molecule has 0 atom stereocenters. The molecule has 1 N–H and O–H groups in total. The highest BCUT2D eigenvalue weighted by molar-refractivity contribution is 6.31. The minimum absolute atomic E-state index is 0.0651. The zero-order valence-corrected chi connectivity index (χ0v) is 9.91. The van der Waals surface area contributed by atoms with Crippen molar-refractivity contribution in [3.8, 4) is 0 Å². The van der Waals surface area contributed by atoms with Crippen molar-refractivity contribution in [1.82, 2.24) is 14.8 Å². The molecule has 0 aliphatic heterocycles. The molecule has 0 amide bonds. The Balaban J connectivity index is 2.27. The summed E-state index contributed by atoms with van der Waals surface area (Å²) in [6.07, 6.45) is 1.32. The van der Waals surface area contributed by atoms with E-state index in [1.807, 2.05) is 0 Å². The molecule has 0 aliphatic rings. The zero-order valence-electron chi connectivity index (χ0n) is 9.15. The first-order chi connectivity index (χ1) is 8.61. The Bertz CT molecular complexity index is 584. The SMILES string of the molecule is O=[N+]([O-])c1ccc(Cn2ncnc2CO)c(Cl)c1. The van der Waals surface area contributed by atoms with Gasteiger partial charge in [0, 0.05) is 12.1 Å². The van der Waals surface area contributed by atoms with Crippen LogP contribution in [0.3, 0.4) is 0 Å². The van der Waals surface area contributed by atoms with E-state index in [4.69, 9.17) is 16.7 Å². The molecule has 1 aromatic heterocycles. The molecule has 0 radical (unpaired) electrons. The fourth-order valence-corrected chi connectivity index (χ4v) is 1.72. The van der Waals surface area contributed by atoms with Gasteiger partial charge in [0.05, 0.1) is 16.5 Å². The standard InChI is InChI=1S/C10H9ClN4O3/c11-9-3-8(15(17)18)2-1-7(9)4-14-10(5-16)12-6-13-14/h1-3,6,16H,4-5H2. The number of aromatic nitrogens is 3. The Kier molecular flexibility index (Phi) is 3.54. The number of hydrogen-bond donors (Lipinski definition) is 1. The van der Waals surface area contributed by atoms with E-state index in [0.29, 0.717) is 17.9 Å². The monoisotopic (exact) mass is 268 g/mol. The van der Waals surface area contributed by atoms with Gasteiger partial charge in [0.25, 0.3) is 5.69 Å². The lowest BCUT2D eigenvalue weighted by molar-refractivity contribution is -0.384. The molecule has 18 heavy (non-hydrogen) atoms. The highest BCUT2D eigenvalue weighted by atomic mass is 35.5. The third-order valence-electron chi connectivity index (χ3n) is 2.40. The van der Waals surface area contributed by atoms with Crippen molar-refractivity contribution in [2.75, 3.05) is 0 Å². The Morgan fingerprint density at radius 2 is 2.28 bits per heavy atom. The number of nitro groups is 1. The molecule has 0 spiro atoms. The molecule has 0 saturated carbocycles. The van der Waals surface area contributed by atoms with Crippen LogP contribution >= 0.6 is 11.6 Å². The maximum Gasteiger partial charge on any atom is 0.270 e. The number of aliphatic hydroxyl groups is 1. The molecule has 2 rings (SSSR count). The molecule has 2 aromatic rings. The number of aliphatic hydroxyl groups excluding tert-OH is 1. The summed E-state index contributed by atoms with van der Waals surface area (Å²) in [5, 5.41) is 23.8. The van der Waals surface area contributed by atoms with Gasteiger partial charge in [-0.15, -0.1) is 0 Å². The second kappa shape index (κ2) is 5.11. The summed E-state index contributed by atoms with van der Waals surface area (Å²) in [6.45, 7) is 0.0668. The van der Waals surface area contributed by atoms with Crippen molar-refractivity contribution in [3.63, 3.8) is 0 Å². The Hall–Kier alpha value is -1.99. The van der Waals surface area contributed by atoms with Gasteiger partial charge in [0.15, 0.2) is 5.82 Å². The lowest BCUT2D eigenvalue weighted by Gasteiger charge is -2.06. The third-order valence-corrected chi connectivity index (χ3v) is 2.76. The highest BCUT2D eigenvalue weighted by Gasteiger charge is 2.11. The number of non-ortho nitro benzene ring substituents is 1. The summed E-state index contributed by atoms with van der Waals surface area (Å²) in [5.41, 5.74) is 0.604. The summed E-state index contributed by atoms with van der Waals surface area (Å²) >= 11 is 5.96. The van der Waals surface area contributed by atoms with Crippen molar-refractivity contribution in [2.45, 2.75) is 13.2 Å². The van der Waals surface area contributed by atoms with Crippen molar-refractivity contribution in [1.29, 1.82) is 0 Å². The highest BCUT2D eigenvalue weighted by Crippen LogP contribution is 2.23. The molecule has 0 bridgehead atoms. The quantitative estimate of drug-likeness (QED) is 0.668. The lowest BCUT2D eigenvalue weighted by Crippen LogP contribution is -2.07. The van der Waals surface area contributed by atoms with E-state index in [0.717, 1.165) is 0 Å². The summed E-state index contributed by atoms with van der Waals surface area (Å²) in [5.74, 6) is 0.407. The lowest BCUT2D eigenvalue weighted by atomic mass is 10.2. The summed E-state index contributed by atoms with van der Waals surface area (Å²) in [6, 6.07) is 4.21. The van der Waals surface area contributed by atoms with Crippen LogP contribution in [0.4, 0.5) is 5.69 Å². The van der Waals surface area contributed by atoms with E-state index in [1.165, 1.54) is 23.1 Å². The topological polar surface area (TPSA) is 94.1 Å². The van der Waals surface area contributed by atoms with Gasteiger partial charge in [-0.1, -0.05) is 11.6 Å². The molecule has 1 aromatic carbocycles. The largest absolute Gasteiger partial charge is 0.388 e. The second-order valence-corrected chi connectivity index (χ2v) is 3.93. The predicted molar refractivity (Wildman–Crippen MR) is 63.2 cm³/mol. The molecular formula is C10H9ClN4O3. The minimum atomic E-state index is -0.510. The molecular weight excluding hydrogens is 260 g/mol. The predicted octanol–water partition coefficient (Wildman–Crippen LogP) is 1.38. The van der Waals surface area contributed by atoms with Crippen LogP contribution in [0.15, 0.2) is 24.5 Å². The maximum absolute atomic E-state index is 10.6. The Morgan fingerprint density at radius 1 is 1.50 bits per heavy atom. The van der Waals surface area contributed by atoms with Gasteiger partial charge in [-0.05, 0) is 11.6 Å². The fourth-order valence-electron chi connectivity index (χ4n) is 1.48. The van der Waals surface area contributed by atoms with Crippen LogP contribution in [0, 0.1) is 10.1 Å². The van der Waals surface area contributed by atoms with E-state index in [9.17, 15) is 10.1 Å². The first-order valence-electron chi connectivity index (χ1n) is 5.02. The average molecular weight is 269 g/mol. The van der Waals surface area contributed by atoms with Gasteiger partial charge >= 0.3 is 0 Å². The Morgan fingerprint density at radius 3 is 2.89 bits per heavy atom. The number of hydrogen-bond acceptors (Lipinski definition) is 5. The molecule has 94 valence electrons. The third kappa shape index (κ3) is 2.47. The minimum Gasteiger partial charge on any atom is -0.388 e. The van der Waals surface area contributed by atoms with Crippen molar-refractivity contribution in [2.24, 2.45) is 0 Å². The van der Waals surface area contributed by atoms with Crippen LogP contribution in [0.25, 0.3) is 0 Å². The van der Waals surface area contributed by atoms with Gasteiger partial charge in [-0.25, -0.2) is 9.67 Å². The number of halogens is 1. The first kappa shape index (κ1) is 12.5. The van der Waals surface area contributed by atoms with E-state index in [2.05, 4.69) is 10.1 Å². The Labute approximate surface area is 107 Å². The fraction of sp³-hybridized carbons (Fsp3) is 0.200. The molecule has 1 heterocycles. The van der Waals surface area contributed by atoms with Crippen molar-refractivity contribution in [3.05, 3.63) is 51.1 Å². The smallest absolute Gasteiger partial charge is 0.270 e. The van der Waals surface area contributed by atoms with Crippen LogP contribution in [-0.2, 0) is 13.2 Å². The molecule has 7 nitrogen and oxygen atoms in total. The molecule has 0 aliphatic carbocycles. The number of rotatable bonds is 4. The summed E-state index contributed by atoms with van der Waals surface area (Å²) in [7, 11) is 0. The zero-order chi connectivity index (χ0) is 13.1. The van der Waals surface area contributed by atoms with E-state index < -0.39 is 4.92 Å². The average Bonchev–Trinajstić information content (AvgIpc) is 2.78. The van der Waals surface area contributed by atoms with Gasteiger partial charge < -0.3 is 5.11 Å². The van der Waals surface area contributed by atoms with Crippen LogP contribution < -0.4 is 0 Å². The number of nitro benzene ring substituents is 1. The van der Waals surface area contributed by atoms with Crippen molar-refractivity contribution >= 4 is 17.3 Å². The molecule has 0 fully saturated rings. The van der Waals surface area contributed by atoms with E-state index in [1.54, 1.807) is 6.07 Å². The van der Waals surface area contributed by atoms with Crippen LogP contribution in [0.1, 0.15) is 11.4 Å². The van der Waals surface area contributed by atoms with E-state index in [-0.39, 0.29) is 17.3 Å². The van der Waals surface area contributed by atoms with Gasteiger partial charge in [0.2, 0.25) is 0 Å². The number of benzene rings is 1. The van der Waals surface area contributed by atoms with Crippen LogP contribution in [0.5, 0.6) is 0 Å². The second-order valence-electron chi connectivity index (χ2n) is 3.52. The summed E-state index contributed by atoms with van der Waals surface area (Å²) < 4.78 is 1.48. The summed E-state index contributed by atoms with van der Waals surface area (Å²) in [4.78, 5) is 13.9. The maximum atomic E-state index is 10.6. The number of nitrogens with zero attached hydrogens (tertiary/aromatic N) is 4. The first-order valence-corrected chi connectivity index (χ1v) is 5.40. The van der Waals surface area contributed by atoms with Crippen LogP contribution in [0.2, 0.25) is 5.02 Å². The van der Waals surface area contributed by atoms with Gasteiger partial charge in [-0.3, -0.25) is 10.1 Å². The van der Waals surface area contributed by atoms with Crippen LogP contribution in [-0.4, -0.2) is 24.8 Å². The molecule has 0 unspecified atom stereocenters. The van der Waals surface area contributed by atoms with Gasteiger partial charge in [-0.2, -0.15) is 5.10 Å². The van der Waals surface area contributed by atoms with Crippen molar-refractivity contribution < 1.29 is 10.0 Å². The normalized spacial score (nSPS) is 10.6.